The van der Waals surface area contributed by atoms with Crippen LogP contribution in [0.2, 0.25) is 0 Å². The lowest BCUT2D eigenvalue weighted by molar-refractivity contribution is 0.170. The fourth-order valence-electron chi connectivity index (χ4n) is 3.67. The molecule has 7 heteroatoms. The van der Waals surface area contributed by atoms with Crippen molar-refractivity contribution >= 4 is 26.7 Å². The molecule has 1 atom stereocenters. The maximum atomic E-state index is 5.74. The number of methoxy groups -OCH3 is 1. The molecule has 1 aromatic heterocycles. The topological polar surface area (TPSA) is 55.9 Å². The molecular formula is C19H19N3O3S. The summed E-state index contributed by atoms with van der Waals surface area (Å²) in [5, 5.41) is 4.50. The maximum absolute atomic E-state index is 5.74. The average molecular weight is 369 g/mol. The number of fused-ring (bicyclic) bond motifs is 3. The van der Waals surface area contributed by atoms with Gasteiger partial charge in [-0.05, 0) is 37.2 Å². The van der Waals surface area contributed by atoms with Crippen LogP contribution in [0.25, 0.3) is 10.2 Å². The lowest BCUT2D eigenvalue weighted by Gasteiger charge is -2.36. The van der Waals surface area contributed by atoms with Crippen molar-refractivity contribution in [2.75, 3.05) is 32.8 Å². The van der Waals surface area contributed by atoms with Gasteiger partial charge in [0.05, 0.1) is 17.3 Å². The van der Waals surface area contributed by atoms with Gasteiger partial charge in [0.1, 0.15) is 6.17 Å². The molecule has 0 spiro atoms. The SMILES string of the molecule is COc1c2c(cc3c1[C@@H](Nc1nc4ccccc4s1)N(C)CC3)OCO2. The summed E-state index contributed by atoms with van der Waals surface area (Å²) in [4.78, 5) is 7.00. The van der Waals surface area contributed by atoms with Crippen LogP contribution in [0.3, 0.4) is 0 Å². The monoisotopic (exact) mass is 369 g/mol. The van der Waals surface area contributed by atoms with Crippen molar-refractivity contribution in [2.24, 2.45) is 0 Å². The number of anilines is 1. The molecule has 134 valence electrons. The summed E-state index contributed by atoms with van der Waals surface area (Å²) >= 11 is 1.66. The van der Waals surface area contributed by atoms with Gasteiger partial charge in [-0.15, -0.1) is 0 Å². The van der Waals surface area contributed by atoms with Crippen LogP contribution in [0.5, 0.6) is 17.2 Å². The Hall–Kier alpha value is -2.51. The number of nitrogens with one attached hydrogen (secondary N) is 1. The zero-order chi connectivity index (χ0) is 17.7. The van der Waals surface area contributed by atoms with Gasteiger partial charge in [0.2, 0.25) is 12.5 Å². The predicted octanol–water partition coefficient (Wildman–Crippen LogP) is 3.63. The van der Waals surface area contributed by atoms with Crippen molar-refractivity contribution in [3.63, 3.8) is 0 Å². The van der Waals surface area contributed by atoms with E-state index in [4.69, 9.17) is 19.2 Å². The van der Waals surface area contributed by atoms with E-state index < -0.39 is 0 Å². The zero-order valence-corrected chi connectivity index (χ0v) is 15.4. The molecule has 0 radical (unpaired) electrons. The second-order valence-electron chi connectivity index (χ2n) is 6.48. The number of aromatic nitrogens is 1. The van der Waals surface area contributed by atoms with Crippen LogP contribution in [0.4, 0.5) is 5.13 Å². The molecule has 2 aromatic carbocycles. The second kappa shape index (κ2) is 6.03. The quantitative estimate of drug-likeness (QED) is 0.761. The maximum Gasteiger partial charge on any atom is 0.231 e. The first-order valence-corrected chi connectivity index (χ1v) is 9.38. The van der Waals surface area contributed by atoms with Gasteiger partial charge in [-0.25, -0.2) is 4.98 Å². The molecule has 5 rings (SSSR count). The van der Waals surface area contributed by atoms with Crippen molar-refractivity contribution in [1.82, 2.24) is 9.88 Å². The molecule has 2 aliphatic heterocycles. The number of hydrogen-bond donors (Lipinski definition) is 1. The van der Waals surface area contributed by atoms with Crippen molar-refractivity contribution in [3.8, 4) is 17.2 Å². The van der Waals surface area contributed by atoms with E-state index in [9.17, 15) is 0 Å². The smallest absolute Gasteiger partial charge is 0.231 e. The lowest BCUT2D eigenvalue weighted by atomic mass is 9.95. The molecule has 0 saturated carbocycles. The molecule has 6 nitrogen and oxygen atoms in total. The van der Waals surface area contributed by atoms with Crippen molar-refractivity contribution in [2.45, 2.75) is 12.6 Å². The third-order valence-electron chi connectivity index (χ3n) is 4.95. The van der Waals surface area contributed by atoms with Crippen molar-refractivity contribution in [3.05, 3.63) is 41.5 Å². The van der Waals surface area contributed by atoms with Gasteiger partial charge in [0, 0.05) is 12.1 Å². The zero-order valence-electron chi connectivity index (χ0n) is 14.6. The minimum absolute atomic E-state index is 0.0382. The minimum atomic E-state index is -0.0382. The molecule has 2 aliphatic rings. The molecule has 3 aromatic rings. The predicted molar refractivity (Wildman–Crippen MR) is 101 cm³/mol. The Bertz CT molecular complexity index is 955. The Balaban J connectivity index is 1.59. The van der Waals surface area contributed by atoms with Crippen LogP contribution in [-0.4, -0.2) is 37.4 Å². The van der Waals surface area contributed by atoms with Crippen LogP contribution in [0, 0.1) is 0 Å². The highest BCUT2D eigenvalue weighted by atomic mass is 32.1. The van der Waals surface area contributed by atoms with E-state index in [1.54, 1.807) is 18.4 Å². The number of benzene rings is 2. The van der Waals surface area contributed by atoms with E-state index in [1.165, 1.54) is 10.3 Å². The highest BCUT2D eigenvalue weighted by Gasteiger charge is 2.34. The summed E-state index contributed by atoms with van der Waals surface area (Å²) in [6, 6.07) is 10.3. The first kappa shape index (κ1) is 15.7. The van der Waals surface area contributed by atoms with Crippen molar-refractivity contribution < 1.29 is 14.2 Å². The first-order chi connectivity index (χ1) is 12.7. The Labute approximate surface area is 155 Å². The van der Waals surface area contributed by atoms with E-state index in [0.717, 1.165) is 40.7 Å². The minimum Gasteiger partial charge on any atom is -0.492 e. The highest BCUT2D eigenvalue weighted by Crippen LogP contribution is 2.49. The largest absolute Gasteiger partial charge is 0.492 e. The molecule has 0 saturated heterocycles. The second-order valence-corrected chi connectivity index (χ2v) is 7.51. The van der Waals surface area contributed by atoms with Crippen molar-refractivity contribution in [1.29, 1.82) is 0 Å². The van der Waals surface area contributed by atoms with E-state index >= 15 is 0 Å². The van der Waals surface area contributed by atoms with Gasteiger partial charge >= 0.3 is 0 Å². The summed E-state index contributed by atoms with van der Waals surface area (Å²) in [5.41, 5.74) is 3.34. The Morgan fingerprint density at radius 1 is 1.31 bits per heavy atom. The average Bonchev–Trinajstić information content (AvgIpc) is 3.28. The van der Waals surface area contributed by atoms with Gasteiger partial charge < -0.3 is 19.5 Å². The van der Waals surface area contributed by atoms with Crippen LogP contribution in [0.15, 0.2) is 30.3 Å². The summed E-state index contributed by atoms with van der Waals surface area (Å²) < 4.78 is 18.2. The van der Waals surface area contributed by atoms with E-state index in [0.29, 0.717) is 5.75 Å². The van der Waals surface area contributed by atoms with Gasteiger partial charge in [-0.1, -0.05) is 23.5 Å². The molecular weight excluding hydrogens is 350 g/mol. The molecule has 1 N–H and O–H groups in total. The lowest BCUT2D eigenvalue weighted by Crippen LogP contribution is -2.37. The summed E-state index contributed by atoms with van der Waals surface area (Å²) in [6.45, 7) is 1.18. The number of nitrogens with zero attached hydrogens (tertiary/aromatic N) is 2. The van der Waals surface area contributed by atoms with Crippen LogP contribution >= 0.6 is 11.3 Å². The number of ether oxygens (including phenoxy) is 3. The fraction of sp³-hybridized carbons (Fsp3) is 0.316. The normalized spacial score (nSPS) is 18.8. The number of hydrogen-bond acceptors (Lipinski definition) is 7. The van der Waals surface area contributed by atoms with Gasteiger partial charge in [-0.2, -0.15) is 0 Å². The fourth-order valence-corrected chi connectivity index (χ4v) is 4.55. The molecule has 26 heavy (non-hydrogen) atoms. The summed E-state index contributed by atoms with van der Waals surface area (Å²) in [6.07, 6.45) is 0.903. The molecule has 3 heterocycles. The molecule has 0 unspecified atom stereocenters. The number of para-hydroxylation sites is 1. The standard InChI is InChI=1S/C19H19N3O3S/c1-22-8-7-11-9-13-16(25-10-24-13)17(23-2)15(11)18(22)21-19-20-12-5-3-4-6-14(12)26-19/h3-6,9,18H,7-8,10H2,1-2H3,(H,20,21)/t18-/m0/s1. The highest BCUT2D eigenvalue weighted by molar-refractivity contribution is 7.22. The molecule has 0 aliphatic carbocycles. The third kappa shape index (κ3) is 2.39. The number of thiazole rings is 1. The van der Waals surface area contributed by atoms with E-state index in [2.05, 4.69) is 29.4 Å². The Morgan fingerprint density at radius 2 is 2.19 bits per heavy atom. The van der Waals surface area contributed by atoms with Gasteiger partial charge in [0.25, 0.3) is 0 Å². The van der Waals surface area contributed by atoms with Crippen LogP contribution in [0.1, 0.15) is 17.3 Å². The van der Waals surface area contributed by atoms with Crippen LogP contribution in [-0.2, 0) is 6.42 Å². The molecule has 0 bridgehead atoms. The van der Waals surface area contributed by atoms with E-state index in [-0.39, 0.29) is 13.0 Å². The first-order valence-electron chi connectivity index (χ1n) is 8.56. The Morgan fingerprint density at radius 3 is 3.04 bits per heavy atom. The number of likely N-dealkylation sites (N-methyl/N-ethyl adjacent to an activating group) is 1. The molecule has 0 fully saturated rings. The Kier molecular flexibility index (Phi) is 3.65. The third-order valence-corrected chi connectivity index (χ3v) is 5.92. The molecule has 0 amide bonds. The van der Waals surface area contributed by atoms with Crippen LogP contribution < -0.4 is 19.5 Å². The summed E-state index contributed by atoms with van der Waals surface area (Å²) in [5.74, 6) is 2.21. The summed E-state index contributed by atoms with van der Waals surface area (Å²) in [7, 11) is 3.79. The van der Waals surface area contributed by atoms with E-state index in [1.807, 2.05) is 18.2 Å². The number of rotatable bonds is 3. The van der Waals surface area contributed by atoms with Gasteiger partial charge in [-0.3, -0.25) is 4.90 Å². The van der Waals surface area contributed by atoms with Gasteiger partial charge in [0.15, 0.2) is 16.6 Å².